The number of hydrogen-bond acceptors (Lipinski definition) is 4. The van der Waals surface area contributed by atoms with E-state index in [1.54, 1.807) is 4.90 Å². The molecule has 0 radical (unpaired) electrons. The number of carbonyl (C=O) groups excluding carboxylic acids is 2. The topological polar surface area (TPSA) is 61.9 Å². The largest absolute Gasteiger partial charge is 0.378 e. The summed E-state index contributed by atoms with van der Waals surface area (Å²) in [4.78, 5) is 27.7. The van der Waals surface area contributed by atoms with Gasteiger partial charge in [-0.05, 0) is 6.92 Å². The molecule has 0 saturated carbocycles. The van der Waals surface area contributed by atoms with E-state index >= 15 is 0 Å². The molecule has 20 heavy (non-hydrogen) atoms. The van der Waals surface area contributed by atoms with Crippen LogP contribution in [0.1, 0.15) is 19.8 Å². The van der Waals surface area contributed by atoms with Gasteiger partial charge >= 0.3 is 0 Å². The fourth-order valence-electron chi connectivity index (χ4n) is 2.54. The summed E-state index contributed by atoms with van der Waals surface area (Å²) < 4.78 is 5.21. The highest BCUT2D eigenvalue weighted by Gasteiger charge is 2.24. The van der Waals surface area contributed by atoms with Crippen LogP contribution in [0.5, 0.6) is 0 Å². The molecule has 0 bridgehead atoms. The van der Waals surface area contributed by atoms with Crippen molar-refractivity contribution >= 4 is 24.2 Å². The normalized spacial score (nSPS) is 23.1. The van der Waals surface area contributed by atoms with Crippen LogP contribution >= 0.6 is 12.4 Å². The van der Waals surface area contributed by atoms with Gasteiger partial charge in [0.25, 0.3) is 0 Å². The molecule has 2 fully saturated rings. The van der Waals surface area contributed by atoms with Crippen molar-refractivity contribution in [3.8, 4) is 0 Å². The molecule has 1 N–H and O–H groups in total. The molecule has 0 unspecified atom stereocenters. The molecule has 2 amide bonds. The van der Waals surface area contributed by atoms with Crippen molar-refractivity contribution in [3.05, 3.63) is 0 Å². The minimum absolute atomic E-state index is 0. The number of carbonyl (C=O) groups is 2. The molecule has 2 heterocycles. The number of halogens is 1. The van der Waals surface area contributed by atoms with Gasteiger partial charge in [0, 0.05) is 51.6 Å². The Morgan fingerprint density at radius 1 is 1.15 bits per heavy atom. The van der Waals surface area contributed by atoms with E-state index in [-0.39, 0.29) is 30.3 Å². The van der Waals surface area contributed by atoms with Gasteiger partial charge in [0.1, 0.15) is 0 Å². The molecular formula is C13H24ClN3O3. The molecule has 2 aliphatic rings. The van der Waals surface area contributed by atoms with Gasteiger partial charge in [-0.1, -0.05) is 0 Å². The fraction of sp³-hybridized carbons (Fsp3) is 0.846. The Kier molecular flexibility index (Phi) is 7.26. The number of amides is 2. The van der Waals surface area contributed by atoms with E-state index in [2.05, 4.69) is 5.32 Å². The van der Waals surface area contributed by atoms with Gasteiger partial charge in [-0.3, -0.25) is 9.59 Å². The lowest BCUT2D eigenvalue weighted by molar-refractivity contribution is -0.140. The predicted molar refractivity (Wildman–Crippen MR) is 77.9 cm³/mol. The number of piperazine rings is 1. The van der Waals surface area contributed by atoms with E-state index in [1.165, 1.54) is 0 Å². The van der Waals surface area contributed by atoms with Crippen LogP contribution in [0.25, 0.3) is 0 Å². The van der Waals surface area contributed by atoms with Crippen LogP contribution in [0.4, 0.5) is 0 Å². The number of nitrogens with zero attached hydrogens (tertiary/aromatic N) is 2. The van der Waals surface area contributed by atoms with Gasteiger partial charge in [0.2, 0.25) is 11.8 Å². The Bertz CT molecular complexity index is 335. The van der Waals surface area contributed by atoms with Crippen molar-refractivity contribution in [1.29, 1.82) is 0 Å². The highest BCUT2D eigenvalue weighted by Crippen LogP contribution is 2.08. The third-order valence-electron chi connectivity index (χ3n) is 3.74. The van der Waals surface area contributed by atoms with Crippen LogP contribution in [-0.2, 0) is 14.3 Å². The summed E-state index contributed by atoms with van der Waals surface area (Å²) in [5.41, 5.74) is 0. The summed E-state index contributed by atoms with van der Waals surface area (Å²) in [6.45, 7) is 6.97. The standard InChI is InChI=1S/C13H23N3O3.ClH/c1-11-10-14-4-5-16(11)13(18)3-2-12(17)15-6-8-19-9-7-15;/h11,14H,2-10H2,1H3;1H/t11-;/m0./s1. The molecule has 116 valence electrons. The van der Waals surface area contributed by atoms with Crippen LogP contribution in [0, 0.1) is 0 Å². The van der Waals surface area contributed by atoms with Crippen molar-refractivity contribution in [2.75, 3.05) is 45.9 Å². The third-order valence-corrected chi connectivity index (χ3v) is 3.74. The lowest BCUT2D eigenvalue weighted by Gasteiger charge is -2.34. The van der Waals surface area contributed by atoms with Gasteiger partial charge < -0.3 is 19.9 Å². The fourth-order valence-corrected chi connectivity index (χ4v) is 2.54. The van der Waals surface area contributed by atoms with Crippen LogP contribution in [0.2, 0.25) is 0 Å². The minimum Gasteiger partial charge on any atom is -0.378 e. The summed E-state index contributed by atoms with van der Waals surface area (Å²) in [5.74, 6) is 0.162. The van der Waals surface area contributed by atoms with Crippen LogP contribution < -0.4 is 5.32 Å². The highest BCUT2D eigenvalue weighted by atomic mass is 35.5. The number of nitrogens with one attached hydrogen (secondary N) is 1. The molecule has 0 aromatic rings. The van der Waals surface area contributed by atoms with E-state index in [1.807, 2.05) is 11.8 Å². The summed E-state index contributed by atoms with van der Waals surface area (Å²) in [6.07, 6.45) is 0.635. The Labute approximate surface area is 126 Å². The molecule has 7 heteroatoms. The summed E-state index contributed by atoms with van der Waals surface area (Å²) in [7, 11) is 0. The monoisotopic (exact) mass is 305 g/mol. The SMILES string of the molecule is C[C@H]1CNCCN1C(=O)CCC(=O)N1CCOCC1.Cl. The van der Waals surface area contributed by atoms with E-state index in [4.69, 9.17) is 4.74 Å². The molecule has 2 saturated heterocycles. The Hall–Kier alpha value is -0.850. The Balaban J connectivity index is 0.00000200. The van der Waals surface area contributed by atoms with Crippen molar-refractivity contribution in [3.63, 3.8) is 0 Å². The van der Waals surface area contributed by atoms with Crippen LogP contribution in [0.3, 0.4) is 0 Å². The van der Waals surface area contributed by atoms with Crippen molar-refractivity contribution in [2.24, 2.45) is 0 Å². The first-order valence-electron chi connectivity index (χ1n) is 7.04. The lowest BCUT2D eigenvalue weighted by Crippen LogP contribution is -2.52. The van der Waals surface area contributed by atoms with Gasteiger partial charge in [-0.2, -0.15) is 0 Å². The molecule has 0 aromatic heterocycles. The number of hydrogen-bond donors (Lipinski definition) is 1. The van der Waals surface area contributed by atoms with Crippen molar-refractivity contribution in [1.82, 2.24) is 15.1 Å². The van der Waals surface area contributed by atoms with E-state index in [9.17, 15) is 9.59 Å². The maximum atomic E-state index is 12.1. The van der Waals surface area contributed by atoms with Crippen LogP contribution in [-0.4, -0.2) is 73.6 Å². The molecule has 2 rings (SSSR count). The molecule has 0 spiro atoms. The molecule has 2 aliphatic heterocycles. The maximum Gasteiger partial charge on any atom is 0.223 e. The first kappa shape index (κ1) is 17.2. The first-order chi connectivity index (χ1) is 9.18. The van der Waals surface area contributed by atoms with E-state index in [0.717, 1.165) is 19.6 Å². The van der Waals surface area contributed by atoms with Crippen LogP contribution in [0.15, 0.2) is 0 Å². The summed E-state index contributed by atoms with van der Waals surface area (Å²) in [5, 5.41) is 3.25. The zero-order valence-corrected chi connectivity index (χ0v) is 12.8. The second-order valence-corrected chi connectivity index (χ2v) is 5.13. The molecule has 6 nitrogen and oxygen atoms in total. The maximum absolute atomic E-state index is 12.1. The number of rotatable bonds is 3. The molecule has 1 atom stereocenters. The van der Waals surface area contributed by atoms with E-state index in [0.29, 0.717) is 39.1 Å². The minimum atomic E-state index is 0. The van der Waals surface area contributed by atoms with Crippen molar-refractivity contribution < 1.29 is 14.3 Å². The zero-order valence-electron chi connectivity index (χ0n) is 12.0. The first-order valence-corrected chi connectivity index (χ1v) is 7.04. The van der Waals surface area contributed by atoms with E-state index < -0.39 is 0 Å². The Morgan fingerprint density at radius 2 is 1.80 bits per heavy atom. The average Bonchev–Trinajstić information content (AvgIpc) is 2.46. The Morgan fingerprint density at radius 3 is 2.45 bits per heavy atom. The molecular weight excluding hydrogens is 282 g/mol. The smallest absolute Gasteiger partial charge is 0.223 e. The second kappa shape index (κ2) is 8.44. The summed E-state index contributed by atoms with van der Waals surface area (Å²) in [6, 6.07) is 0.222. The number of ether oxygens (including phenoxy) is 1. The van der Waals surface area contributed by atoms with Gasteiger partial charge in [0.05, 0.1) is 13.2 Å². The quantitative estimate of drug-likeness (QED) is 0.789. The van der Waals surface area contributed by atoms with Crippen molar-refractivity contribution in [2.45, 2.75) is 25.8 Å². The zero-order chi connectivity index (χ0) is 13.7. The predicted octanol–water partition coefficient (Wildman–Crippen LogP) is -0.132. The number of morpholine rings is 1. The molecule has 0 aliphatic carbocycles. The third kappa shape index (κ3) is 4.61. The van der Waals surface area contributed by atoms with Gasteiger partial charge in [-0.15, -0.1) is 12.4 Å². The van der Waals surface area contributed by atoms with Gasteiger partial charge in [-0.25, -0.2) is 0 Å². The summed E-state index contributed by atoms with van der Waals surface area (Å²) >= 11 is 0. The lowest BCUT2D eigenvalue weighted by atomic mass is 10.1. The highest BCUT2D eigenvalue weighted by molar-refractivity contribution is 5.85. The second-order valence-electron chi connectivity index (χ2n) is 5.13. The molecule has 0 aromatic carbocycles. The average molecular weight is 306 g/mol. The van der Waals surface area contributed by atoms with Gasteiger partial charge in [0.15, 0.2) is 0 Å².